The first-order valence-electron chi connectivity index (χ1n) is 4.59. The summed E-state index contributed by atoms with van der Waals surface area (Å²) in [6.07, 6.45) is 0. The zero-order valence-corrected chi connectivity index (χ0v) is 11.6. The highest BCUT2D eigenvalue weighted by Gasteiger charge is 2.09. The van der Waals surface area contributed by atoms with Crippen molar-refractivity contribution in [1.82, 2.24) is 0 Å². The predicted octanol–water partition coefficient (Wildman–Crippen LogP) is 3.73. The number of hydrogen-bond acceptors (Lipinski definition) is 3. The summed E-state index contributed by atoms with van der Waals surface area (Å²) in [4.78, 5) is 11.1. The van der Waals surface area contributed by atoms with E-state index in [1.807, 2.05) is 0 Å². The van der Waals surface area contributed by atoms with Crippen molar-refractivity contribution in [2.45, 2.75) is 6.92 Å². The minimum Gasteiger partial charge on any atom is -0.465 e. The number of halogens is 3. The molecule has 0 spiro atoms. The molecule has 0 aromatic heterocycles. The van der Waals surface area contributed by atoms with Crippen LogP contribution in [0.5, 0.6) is 0 Å². The number of ether oxygens (including phenoxy) is 1. The lowest BCUT2D eigenvalue weighted by Crippen LogP contribution is -2.16. The van der Waals surface area contributed by atoms with Gasteiger partial charge in [0.15, 0.2) is 0 Å². The lowest BCUT2D eigenvalue weighted by Gasteiger charge is -2.09. The molecule has 0 heterocycles. The maximum absolute atomic E-state index is 11.1. The van der Waals surface area contributed by atoms with E-state index in [1.165, 1.54) is 0 Å². The number of esters is 1. The summed E-state index contributed by atoms with van der Waals surface area (Å²) in [7, 11) is 0. The molecule has 0 fully saturated rings. The van der Waals surface area contributed by atoms with Crippen molar-refractivity contribution in [1.29, 1.82) is 0 Å². The normalized spacial score (nSPS) is 10.0. The molecular formula is C10H10BrCl2NO2. The molecule has 3 nitrogen and oxygen atoms in total. The maximum atomic E-state index is 11.1. The third-order valence-corrected chi connectivity index (χ3v) is 3.53. The van der Waals surface area contributed by atoms with Gasteiger partial charge < -0.3 is 10.1 Å². The molecule has 0 atom stereocenters. The number of nitrogens with one attached hydrogen (secondary N) is 1. The molecule has 1 aromatic carbocycles. The van der Waals surface area contributed by atoms with Crippen molar-refractivity contribution in [2.24, 2.45) is 0 Å². The van der Waals surface area contributed by atoms with E-state index in [1.54, 1.807) is 19.1 Å². The maximum Gasteiger partial charge on any atom is 0.325 e. The van der Waals surface area contributed by atoms with E-state index < -0.39 is 0 Å². The van der Waals surface area contributed by atoms with Crippen molar-refractivity contribution in [3.05, 3.63) is 26.7 Å². The molecule has 88 valence electrons. The van der Waals surface area contributed by atoms with E-state index in [9.17, 15) is 4.79 Å². The van der Waals surface area contributed by atoms with Crippen LogP contribution in [0.2, 0.25) is 10.0 Å². The monoisotopic (exact) mass is 325 g/mol. The van der Waals surface area contributed by atoms with Crippen LogP contribution in [0.15, 0.2) is 16.6 Å². The Bertz CT molecular complexity index is 399. The van der Waals surface area contributed by atoms with Gasteiger partial charge in [0.1, 0.15) is 6.54 Å². The number of rotatable bonds is 4. The van der Waals surface area contributed by atoms with Crippen molar-refractivity contribution >= 4 is 50.8 Å². The van der Waals surface area contributed by atoms with Crippen LogP contribution >= 0.6 is 39.1 Å². The van der Waals surface area contributed by atoms with Crippen LogP contribution in [0.25, 0.3) is 0 Å². The topological polar surface area (TPSA) is 38.3 Å². The van der Waals surface area contributed by atoms with Gasteiger partial charge in [-0.1, -0.05) is 23.2 Å². The second-order valence-corrected chi connectivity index (χ2v) is 4.49. The average Bonchev–Trinajstić information content (AvgIpc) is 2.25. The number of carbonyl (C=O) groups is 1. The van der Waals surface area contributed by atoms with Crippen LogP contribution in [-0.2, 0) is 9.53 Å². The van der Waals surface area contributed by atoms with Crippen LogP contribution in [0.4, 0.5) is 5.69 Å². The van der Waals surface area contributed by atoms with Gasteiger partial charge in [0.25, 0.3) is 0 Å². The molecular weight excluding hydrogens is 317 g/mol. The van der Waals surface area contributed by atoms with Gasteiger partial charge >= 0.3 is 5.97 Å². The summed E-state index contributed by atoms with van der Waals surface area (Å²) < 4.78 is 5.48. The van der Waals surface area contributed by atoms with Gasteiger partial charge in [0.05, 0.1) is 22.3 Å². The summed E-state index contributed by atoms with van der Waals surface area (Å²) in [6, 6.07) is 3.49. The largest absolute Gasteiger partial charge is 0.465 e. The van der Waals surface area contributed by atoms with Crippen LogP contribution in [-0.4, -0.2) is 19.1 Å². The quantitative estimate of drug-likeness (QED) is 0.676. The Kier molecular flexibility index (Phi) is 5.38. The fraction of sp³-hybridized carbons (Fsp3) is 0.300. The molecule has 0 aliphatic carbocycles. The van der Waals surface area contributed by atoms with Gasteiger partial charge in [-0.05, 0) is 35.0 Å². The average molecular weight is 327 g/mol. The number of benzene rings is 1. The van der Waals surface area contributed by atoms with Crippen LogP contribution in [0, 0.1) is 0 Å². The summed E-state index contributed by atoms with van der Waals surface area (Å²) >= 11 is 15.2. The highest BCUT2D eigenvalue weighted by atomic mass is 79.9. The van der Waals surface area contributed by atoms with E-state index in [-0.39, 0.29) is 12.5 Å². The predicted molar refractivity (Wildman–Crippen MR) is 69.3 cm³/mol. The van der Waals surface area contributed by atoms with E-state index in [4.69, 9.17) is 27.9 Å². The molecule has 16 heavy (non-hydrogen) atoms. The molecule has 0 aliphatic rings. The summed E-state index contributed by atoms with van der Waals surface area (Å²) in [5.41, 5.74) is 0.600. The first-order valence-corrected chi connectivity index (χ1v) is 6.14. The van der Waals surface area contributed by atoms with Crippen LogP contribution in [0.1, 0.15) is 6.92 Å². The molecule has 6 heteroatoms. The first kappa shape index (κ1) is 13.6. The molecule has 0 radical (unpaired) electrons. The molecule has 0 saturated heterocycles. The van der Waals surface area contributed by atoms with Crippen molar-refractivity contribution in [2.75, 3.05) is 18.5 Å². The van der Waals surface area contributed by atoms with Gasteiger partial charge in [-0.3, -0.25) is 4.79 Å². The molecule has 1 rings (SSSR count). The molecule has 1 N–H and O–H groups in total. The minimum absolute atomic E-state index is 0.0610. The van der Waals surface area contributed by atoms with Crippen molar-refractivity contribution in [3.8, 4) is 0 Å². The molecule has 0 saturated carbocycles. The van der Waals surface area contributed by atoms with Gasteiger partial charge in [0.2, 0.25) is 0 Å². The third-order valence-electron chi connectivity index (χ3n) is 1.76. The first-order chi connectivity index (χ1) is 7.56. The van der Waals surface area contributed by atoms with Crippen molar-refractivity contribution < 1.29 is 9.53 Å². The summed E-state index contributed by atoms with van der Waals surface area (Å²) in [5.74, 6) is -0.336. The molecule has 0 bridgehead atoms. The fourth-order valence-electron chi connectivity index (χ4n) is 1.04. The third kappa shape index (κ3) is 3.54. The molecule has 0 unspecified atom stereocenters. The Labute approximate surface area is 112 Å². The number of hydrogen-bond donors (Lipinski definition) is 1. The van der Waals surface area contributed by atoms with E-state index in [2.05, 4.69) is 21.2 Å². The van der Waals surface area contributed by atoms with Gasteiger partial charge in [0, 0.05) is 4.47 Å². The lowest BCUT2D eigenvalue weighted by molar-refractivity contribution is -0.140. The fourth-order valence-corrected chi connectivity index (χ4v) is 1.88. The zero-order valence-electron chi connectivity index (χ0n) is 8.52. The standard InChI is InChI=1S/C10H10BrCl2NO2/c1-2-16-8(15)5-14-7-4-3-6(11)9(12)10(7)13/h3-4,14H,2,5H2,1H3. The molecule has 1 aromatic rings. The van der Waals surface area contributed by atoms with Gasteiger partial charge in [-0.25, -0.2) is 0 Å². The van der Waals surface area contributed by atoms with E-state index in [0.29, 0.717) is 26.8 Å². The Morgan fingerprint density at radius 2 is 2.12 bits per heavy atom. The van der Waals surface area contributed by atoms with Crippen LogP contribution < -0.4 is 5.32 Å². The van der Waals surface area contributed by atoms with Crippen molar-refractivity contribution in [3.63, 3.8) is 0 Å². The second kappa shape index (κ2) is 6.33. The Hall–Kier alpha value is -0.450. The SMILES string of the molecule is CCOC(=O)CNc1ccc(Br)c(Cl)c1Cl. The van der Waals surface area contributed by atoms with Gasteiger partial charge in [-0.15, -0.1) is 0 Å². The van der Waals surface area contributed by atoms with Crippen LogP contribution in [0.3, 0.4) is 0 Å². The summed E-state index contributed by atoms with van der Waals surface area (Å²) in [5, 5.41) is 3.64. The Morgan fingerprint density at radius 3 is 2.75 bits per heavy atom. The van der Waals surface area contributed by atoms with E-state index >= 15 is 0 Å². The molecule has 0 amide bonds. The highest BCUT2D eigenvalue weighted by Crippen LogP contribution is 2.35. The minimum atomic E-state index is -0.336. The molecule has 0 aliphatic heterocycles. The lowest BCUT2D eigenvalue weighted by atomic mass is 10.3. The number of carbonyl (C=O) groups excluding carboxylic acids is 1. The van der Waals surface area contributed by atoms with E-state index in [0.717, 1.165) is 0 Å². The smallest absolute Gasteiger partial charge is 0.325 e. The highest BCUT2D eigenvalue weighted by molar-refractivity contribution is 9.10. The summed E-state index contributed by atoms with van der Waals surface area (Å²) in [6.45, 7) is 2.17. The number of anilines is 1. The second-order valence-electron chi connectivity index (χ2n) is 2.88. The van der Waals surface area contributed by atoms with Gasteiger partial charge in [-0.2, -0.15) is 0 Å². The Balaban J connectivity index is 2.68. The zero-order chi connectivity index (χ0) is 12.1. The Morgan fingerprint density at radius 1 is 1.44 bits per heavy atom.